The van der Waals surface area contributed by atoms with Gasteiger partial charge in [0.2, 0.25) is 0 Å². The van der Waals surface area contributed by atoms with E-state index in [0.717, 1.165) is 40.8 Å². The van der Waals surface area contributed by atoms with Crippen molar-refractivity contribution in [3.8, 4) is 22.6 Å². The minimum absolute atomic E-state index is 0.688. The van der Waals surface area contributed by atoms with E-state index in [2.05, 4.69) is 38.7 Å². The molecular weight excluding hydrogens is 358 g/mol. The number of nitrogens with zero attached hydrogens (tertiary/aromatic N) is 4. The average molecular weight is 390 g/mol. The van der Waals surface area contributed by atoms with E-state index >= 15 is 0 Å². The lowest BCUT2D eigenvalue weighted by Gasteiger charge is -2.36. The molecule has 29 heavy (non-hydrogen) atoms. The van der Waals surface area contributed by atoms with Gasteiger partial charge in [-0.1, -0.05) is 50.6 Å². The molecule has 0 amide bonds. The van der Waals surface area contributed by atoms with Gasteiger partial charge in [-0.05, 0) is 31.7 Å². The molecule has 1 atom stereocenters. The van der Waals surface area contributed by atoms with Crippen molar-refractivity contribution in [3.63, 3.8) is 0 Å². The first kappa shape index (κ1) is 19.8. The van der Waals surface area contributed by atoms with E-state index in [1.807, 2.05) is 48.9 Å². The first-order chi connectivity index (χ1) is 14.2. The van der Waals surface area contributed by atoms with Crippen LogP contribution in [-0.4, -0.2) is 44.0 Å². The molecule has 1 unspecified atom stereocenters. The van der Waals surface area contributed by atoms with Crippen molar-refractivity contribution in [2.45, 2.75) is 52.0 Å². The van der Waals surface area contributed by atoms with E-state index in [0.29, 0.717) is 6.04 Å². The molecular formula is C24H31N5. The summed E-state index contributed by atoms with van der Waals surface area (Å²) in [5.74, 6) is 2.53. The molecule has 5 heteroatoms. The van der Waals surface area contributed by atoms with Crippen LogP contribution in [0.1, 0.15) is 45.4 Å². The summed E-state index contributed by atoms with van der Waals surface area (Å²) < 4.78 is 0. The summed E-state index contributed by atoms with van der Waals surface area (Å²) in [5, 5.41) is 0. The number of benzene rings is 1. The first-order valence-electron chi connectivity index (χ1n) is 10.8. The number of imidazole rings is 1. The number of aromatic nitrogens is 4. The fourth-order valence-corrected chi connectivity index (χ4v) is 4.24. The molecule has 3 aromatic rings. The number of H-pyrrole nitrogens is 1. The molecule has 0 spiro atoms. The molecule has 152 valence electrons. The summed E-state index contributed by atoms with van der Waals surface area (Å²) in [5.41, 5.74) is 2.99. The number of rotatable bonds is 7. The summed E-state index contributed by atoms with van der Waals surface area (Å²) in [4.78, 5) is 19.8. The Kier molecular flexibility index (Phi) is 6.35. The third-order valence-electron chi connectivity index (χ3n) is 5.69. The standard InChI is InChI=1S/C24H31N5/c1-18(2)17-29-13-7-6-10-21(29)11-12-23-25-16-22(28-23)20-14-26-24(27-15-20)19-8-4-3-5-9-19/h3-5,8-9,14-16,18,21H,6-7,10-13,17H2,1-2H3,(H,25,28). The number of hydrogen-bond donors (Lipinski definition) is 1. The van der Waals surface area contributed by atoms with Gasteiger partial charge in [-0.3, -0.25) is 0 Å². The third kappa shape index (κ3) is 5.10. The lowest BCUT2D eigenvalue weighted by molar-refractivity contribution is 0.125. The molecule has 1 aromatic carbocycles. The Morgan fingerprint density at radius 2 is 1.79 bits per heavy atom. The van der Waals surface area contributed by atoms with Crippen LogP contribution in [-0.2, 0) is 6.42 Å². The fourth-order valence-electron chi connectivity index (χ4n) is 4.24. The van der Waals surface area contributed by atoms with Gasteiger partial charge in [-0.15, -0.1) is 0 Å². The van der Waals surface area contributed by atoms with Crippen LogP contribution in [0.25, 0.3) is 22.6 Å². The highest BCUT2D eigenvalue weighted by atomic mass is 15.2. The highest BCUT2D eigenvalue weighted by Crippen LogP contribution is 2.23. The molecule has 3 heterocycles. The first-order valence-corrected chi connectivity index (χ1v) is 10.8. The molecule has 1 saturated heterocycles. The fraction of sp³-hybridized carbons (Fsp3) is 0.458. The van der Waals surface area contributed by atoms with Crippen molar-refractivity contribution in [1.82, 2.24) is 24.8 Å². The minimum Gasteiger partial charge on any atom is -0.342 e. The van der Waals surface area contributed by atoms with Gasteiger partial charge in [0.1, 0.15) is 5.82 Å². The van der Waals surface area contributed by atoms with Crippen molar-refractivity contribution in [2.24, 2.45) is 5.92 Å². The zero-order chi connectivity index (χ0) is 20.1. The molecule has 1 aliphatic rings. The van der Waals surface area contributed by atoms with Gasteiger partial charge in [-0.25, -0.2) is 15.0 Å². The topological polar surface area (TPSA) is 57.7 Å². The van der Waals surface area contributed by atoms with Gasteiger partial charge >= 0.3 is 0 Å². The Morgan fingerprint density at radius 1 is 1.00 bits per heavy atom. The van der Waals surface area contributed by atoms with E-state index < -0.39 is 0 Å². The van der Waals surface area contributed by atoms with Crippen LogP contribution in [0, 0.1) is 5.92 Å². The van der Waals surface area contributed by atoms with Crippen molar-refractivity contribution < 1.29 is 0 Å². The molecule has 0 bridgehead atoms. The van der Waals surface area contributed by atoms with Crippen LogP contribution in [0.2, 0.25) is 0 Å². The van der Waals surface area contributed by atoms with E-state index in [-0.39, 0.29) is 0 Å². The summed E-state index contributed by atoms with van der Waals surface area (Å²) in [6, 6.07) is 10.7. The van der Waals surface area contributed by atoms with E-state index in [1.165, 1.54) is 38.8 Å². The van der Waals surface area contributed by atoms with Gasteiger partial charge in [-0.2, -0.15) is 0 Å². The van der Waals surface area contributed by atoms with Crippen LogP contribution >= 0.6 is 0 Å². The summed E-state index contributed by atoms with van der Waals surface area (Å²) in [6.45, 7) is 7.09. The van der Waals surface area contributed by atoms with Crippen LogP contribution in [0.4, 0.5) is 0 Å². The number of likely N-dealkylation sites (tertiary alicyclic amines) is 1. The number of nitrogens with one attached hydrogen (secondary N) is 1. The van der Waals surface area contributed by atoms with Crippen LogP contribution < -0.4 is 0 Å². The van der Waals surface area contributed by atoms with E-state index in [1.54, 1.807) is 0 Å². The monoisotopic (exact) mass is 389 g/mol. The van der Waals surface area contributed by atoms with Crippen molar-refractivity contribution in [1.29, 1.82) is 0 Å². The SMILES string of the molecule is CC(C)CN1CCCCC1CCc1ncc(-c2cnc(-c3ccccc3)nc2)[nH]1. The lowest BCUT2D eigenvalue weighted by Crippen LogP contribution is -2.41. The van der Waals surface area contributed by atoms with Crippen LogP contribution in [0.15, 0.2) is 48.9 Å². The van der Waals surface area contributed by atoms with E-state index in [4.69, 9.17) is 0 Å². The van der Waals surface area contributed by atoms with Crippen molar-refractivity contribution in [2.75, 3.05) is 13.1 Å². The molecule has 5 nitrogen and oxygen atoms in total. The smallest absolute Gasteiger partial charge is 0.159 e. The molecule has 0 radical (unpaired) electrons. The number of aryl methyl sites for hydroxylation is 1. The van der Waals surface area contributed by atoms with Crippen LogP contribution in [0.5, 0.6) is 0 Å². The largest absolute Gasteiger partial charge is 0.342 e. The van der Waals surface area contributed by atoms with Gasteiger partial charge in [0.25, 0.3) is 0 Å². The molecule has 4 rings (SSSR count). The van der Waals surface area contributed by atoms with Gasteiger partial charge in [0.15, 0.2) is 5.82 Å². The molecule has 2 aromatic heterocycles. The molecule has 0 aliphatic carbocycles. The summed E-state index contributed by atoms with van der Waals surface area (Å²) >= 11 is 0. The third-order valence-corrected chi connectivity index (χ3v) is 5.69. The highest BCUT2D eigenvalue weighted by molar-refractivity contribution is 5.60. The normalized spacial score (nSPS) is 17.7. The minimum atomic E-state index is 0.688. The predicted octanol–water partition coefficient (Wildman–Crippen LogP) is 4.98. The van der Waals surface area contributed by atoms with Crippen molar-refractivity contribution in [3.05, 3.63) is 54.7 Å². The Labute approximate surface area is 173 Å². The maximum absolute atomic E-state index is 4.61. The van der Waals surface area contributed by atoms with Gasteiger partial charge in [0, 0.05) is 42.5 Å². The van der Waals surface area contributed by atoms with Gasteiger partial charge < -0.3 is 9.88 Å². The second kappa shape index (κ2) is 9.31. The highest BCUT2D eigenvalue weighted by Gasteiger charge is 2.23. The zero-order valence-electron chi connectivity index (χ0n) is 17.5. The molecule has 1 fully saturated rings. The summed E-state index contributed by atoms with van der Waals surface area (Å²) in [7, 11) is 0. The molecule has 1 aliphatic heterocycles. The Hall–Kier alpha value is -2.53. The Morgan fingerprint density at radius 3 is 2.55 bits per heavy atom. The Bertz CT molecular complexity index is 885. The quantitative estimate of drug-likeness (QED) is 0.619. The van der Waals surface area contributed by atoms with Gasteiger partial charge in [0.05, 0.1) is 11.9 Å². The molecule has 0 saturated carbocycles. The van der Waals surface area contributed by atoms with E-state index in [9.17, 15) is 0 Å². The average Bonchev–Trinajstić information content (AvgIpc) is 3.23. The second-order valence-electron chi connectivity index (χ2n) is 8.48. The Balaban J connectivity index is 1.38. The number of piperidine rings is 1. The summed E-state index contributed by atoms with van der Waals surface area (Å²) in [6.07, 6.45) is 11.8. The number of hydrogen-bond acceptors (Lipinski definition) is 4. The van der Waals surface area contributed by atoms with Crippen LogP contribution in [0.3, 0.4) is 0 Å². The van der Waals surface area contributed by atoms with Crippen molar-refractivity contribution >= 4 is 0 Å². The predicted molar refractivity (Wildman–Crippen MR) is 117 cm³/mol. The maximum atomic E-state index is 4.61. The number of aromatic amines is 1. The lowest BCUT2D eigenvalue weighted by atomic mass is 9.96. The second-order valence-corrected chi connectivity index (χ2v) is 8.48. The maximum Gasteiger partial charge on any atom is 0.159 e. The zero-order valence-corrected chi connectivity index (χ0v) is 17.5. The molecule has 1 N–H and O–H groups in total.